The number of piperidine rings is 1. The Balaban J connectivity index is 1.34. The minimum Gasteiger partial charge on any atom is -0.465 e. The summed E-state index contributed by atoms with van der Waals surface area (Å²) in [7, 11) is 0. The molecular formula is C23H30N4O3S. The number of carbonyl (C=O) groups is 2. The van der Waals surface area contributed by atoms with E-state index in [9.17, 15) is 9.59 Å². The third-order valence-electron chi connectivity index (χ3n) is 6.64. The Kier molecular flexibility index (Phi) is 6.57. The number of nitrogens with one attached hydrogen (secondary N) is 1. The second-order valence-corrected chi connectivity index (χ2v) is 9.25. The zero-order valence-corrected chi connectivity index (χ0v) is 19.0. The normalized spacial score (nSPS) is 23.2. The lowest BCUT2D eigenvalue weighted by Gasteiger charge is -2.40. The number of imide groups is 1. The number of hydrogen-bond acceptors (Lipinski definition) is 6. The molecule has 0 aromatic carbocycles. The number of amides is 3. The van der Waals surface area contributed by atoms with Gasteiger partial charge in [-0.15, -0.1) is 11.3 Å². The number of urea groups is 1. The van der Waals surface area contributed by atoms with Crippen molar-refractivity contribution in [1.29, 1.82) is 0 Å². The van der Waals surface area contributed by atoms with Crippen molar-refractivity contribution in [3.8, 4) is 0 Å². The minimum atomic E-state index is -0.768. The maximum absolute atomic E-state index is 13.4. The van der Waals surface area contributed by atoms with Crippen LogP contribution < -0.4 is 5.32 Å². The molecule has 2 aromatic rings. The number of hydrogen-bond donors (Lipinski definition) is 1. The number of nitrogens with zero attached hydrogens (tertiary/aromatic N) is 3. The zero-order valence-electron chi connectivity index (χ0n) is 18.2. The van der Waals surface area contributed by atoms with Crippen LogP contribution in [0.3, 0.4) is 0 Å². The van der Waals surface area contributed by atoms with Gasteiger partial charge in [-0.3, -0.25) is 14.6 Å². The Bertz CT molecular complexity index is 931. The molecule has 0 spiro atoms. The largest absolute Gasteiger partial charge is 0.465 e. The Morgan fingerprint density at radius 1 is 1.35 bits per heavy atom. The van der Waals surface area contributed by atoms with Gasteiger partial charge in [-0.1, -0.05) is 13.0 Å². The third kappa shape index (κ3) is 4.45. The van der Waals surface area contributed by atoms with Gasteiger partial charge in [0, 0.05) is 24.4 Å². The highest BCUT2D eigenvalue weighted by Crippen LogP contribution is 2.36. The summed E-state index contributed by atoms with van der Waals surface area (Å²) in [6.07, 6.45) is 8.85. The van der Waals surface area contributed by atoms with E-state index in [0.29, 0.717) is 19.4 Å². The molecule has 4 heterocycles. The molecule has 2 aliphatic rings. The van der Waals surface area contributed by atoms with Crippen LogP contribution in [0.15, 0.2) is 34.4 Å². The van der Waals surface area contributed by atoms with Crippen molar-refractivity contribution >= 4 is 29.4 Å². The van der Waals surface area contributed by atoms with Crippen molar-refractivity contribution in [2.75, 3.05) is 26.2 Å². The fraction of sp³-hybridized carbons (Fsp3) is 0.522. The molecule has 2 aromatic heterocycles. The molecular weight excluding hydrogens is 412 g/mol. The number of thiazole rings is 1. The summed E-state index contributed by atoms with van der Waals surface area (Å²) < 4.78 is 5.33. The van der Waals surface area contributed by atoms with Gasteiger partial charge >= 0.3 is 6.03 Å². The molecule has 0 aliphatic carbocycles. The summed E-state index contributed by atoms with van der Waals surface area (Å²) in [5, 5.41) is 3.09. The smallest absolute Gasteiger partial charge is 0.325 e. The van der Waals surface area contributed by atoms with E-state index in [0.717, 1.165) is 48.8 Å². The van der Waals surface area contributed by atoms with Gasteiger partial charge in [-0.2, -0.15) is 0 Å². The molecule has 2 saturated heterocycles. The fourth-order valence-corrected chi connectivity index (χ4v) is 5.52. The third-order valence-corrected chi connectivity index (χ3v) is 7.64. The standard InChI is InChI=1S/C23H30N4O3S/c1-3-23(18-8-12-26(13-9-18)11-4-6-19-7-5-15-30-19)21(28)27(22(29)25-23)14-10-20-17(2)24-16-31-20/h4-7,15-16,18H,3,8-14H2,1-2H3,(H,25,29)/b6-4+/t23-/m1/s1. The molecule has 0 unspecified atom stereocenters. The van der Waals surface area contributed by atoms with Crippen LogP contribution in [0.2, 0.25) is 0 Å². The van der Waals surface area contributed by atoms with Crippen LogP contribution in [0.1, 0.15) is 42.5 Å². The average Bonchev–Trinajstić information content (AvgIpc) is 3.49. The molecule has 0 radical (unpaired) electrons. The van der Waals surface area contributed by atoms with Gasteiger partial charge in [-0.05, 0) is 63.4 Å². The molecule has 0 bridgehead atoms. The van der Waals surface area contributed by atoms with E-state index in [2.05, 4.69) is 21.3 Å². The molecule has 7 nitrogen and oxygen atoms in total. The highest BCUT2D eigenvalue weighted by Gasteiger charge is 2.54. The van der Waals surface area contributed by atoms with Gasteiger partial charge in [-0.25, -0.2) is 9.78 Å². The second-order valence-electron chi connectivity index (χ2n) is 8.32. The van der Waals surface area contributed by atoms with Crippen LogP contribution in [0.5, 0.6) is 0 Å². The Hall–Kier alpha value is -2.45. The lowest BCUT2D eigenvalue weighted by atomic mass is 9.75. The minimum absolute atomic E-state index is 0.0571. The fourth-order valence-electron chi connectivity index (χ4n) is 4.74. The predicted octanol–water partition coefficient (Wildman–Crippen LogP) is 3.71. The predicted molar refractivity (Wildman–Crippen MR) is 121 cm³/mol. The molecule has 31 heavy (non-hydrogen) atoms. The summed E-state index contributed by atoms with van der Waals surface area (Å²) in [4.78, 5) is 35.3. The zero-order chi connectivity index (χ0) is 21.8. The van der Waals surface area contributed by atoms with Crippen molar-refractivity contribution in [3.63, 3.8) is 0 Å². The SMILES string of the molecule is CC[C@]1(C2CCN(C/C=C/c3ccco3)CC2)NC(=O)N(CCc2scnc2C)C1=O. The number of carbonyl (C=O) groups excluding carboxylic acids is 2. The maximum atomic E-state index is 13.4. The van der Waals surface area contributed by atoms with Gasteiger partial charge in [0.2, 0.25) is 0 Å². The van der Waals surface area contributed by atoms with E-state index in [1.54, 1.807) is 17.6 Å². The van der Waals surface area contributed by atoms with Crippen LogP contribution in [0, 0.1) is 12.8 Å². The molecule has 4 rings (SSSR count). The van der Waals surface area contributed by atoms with Crippen LogP contribution in [-0.4, -0.2) is 58.4 Å². The van der Waals surface area contributed by atoms with E-state index in [4.69, 9.17) is 4.42 Å². The van der Waals surface area contributed by atoms with Gasteiger partial charge < -0.3 is 9.73 Å². The first-order chi connectivity index (χ1) is 15.0. The summed E-state index contributed by atoms with van der Waals surface area (Å²) in [6.45, 7) is 7.06. The Morgan fingerprint density at radius 3 is 2.81 bits per heavy atom. The Morgan fingerprint density at radius 2 is 2.16 bits per heavy atom. The van der Waals surface area contributed by atoms with Crippen molar-refractivity contribution in [2.45, 2.75) is 45.1 Å². The van der Waals surface area contributed by atoms with Crippen molar-refractivity contribution in [1.82, 2.24) is 20.1 Å². The summed E-state index contributed by atoms with van der Waals surface area (Å²) in [5.74, 6) is 0.959. The van der Waals surface area contributed by atoms with E-state index in [1.807, 2.05) is 37.6 Å². The second kappa shape index (κ2) is 9.36. The van der Waals surface area contributed by atoms with Crippen molar-refractivity contribution in [2.24, 2.45) is 5.92 Å². The Labute approximate surface area is 187 Å². The van der Waals surface area contributed by atoms with Crippen molar-refractivity contribution in [3.05, 3.63) is 46.3 Å². The van der Waals surface area contributed by atoms with E-state index >= 15 is 0 Å². The molecule has 1 atom stereocenters. The first-order valence-electron chi connectivity index (χ1n) is 11.0. The molecule has 2 fully saturated rings. The summed E-state index contributed by atoms with van der Waals surface area (Å²) >= 11 is 1.58. The molecule has 166 valence electrons. The van der Waals surface area contributed by atoms with Gasteiger partial charge in [0.25, 0.3) is 5.91 Å². The average molecular weight is 443 g/mol. The highest BCUT2D eigenvalue weighted by atomic mass is 32.1. The summed E-state index contributed by atoms with van der Waals surface area (Å²) in [5.41, 5.74) is 2.02. The maximum Gasteiger partial charge on any atom is 0.325 e. The van der Waals surface area contributed by atoms with Gasteiger partial charge in [0.1, 0.15) is 11.3 Å². The van der Waals surface area contributed by atoms with Gasteiger partial charge in [0.05, 0.1) is 17.5 Å². The lowest BCUT2D eigenvalue weighted by Crippen LogP contribution is -2.55. The van der Waals surface area contributed by atoms with Crippen molar-refractivity contribution < 1.29 is 14.0 Å². The molecule has 3 amide bonds. The molecule has 0 saturated carbocycles. The number of furan rings is 1. The highest BCUT2D eigenvalue weighted by molar-refractivity contribution is 7.09. The molecule has 1 N–H and O–H groups in total. The number of likely N-dealkylation sites (tertiary alicyclic amines) is 1. The van der Waals surface area contributed by atoms with Gasteiger partial charge in [0.15, 0.2) is 0 Å². The summed E-state index contributed by atoms with van der Waals surface area (Å²) in [6, 6.07) is 3.56. The number of aryl methyl sites for hydroxylation is 1. The van der Waals surface area contributed by atoms with Crippen LogP contribution in [0.4, 0.5) is 4.79 Å². The topological polar surface area (TPSA) is 78.7 Å². The number of rotatable bonds is 8. The lowest BCUT2D eigenvalue weighted by molar-refractivity contribution is -0.134. The quantitative estimate of drug-likeness (QED) is 0.631. The van der Waals surface area contributed by atoms with E-state index in [1.165, 1.54) is 4.90 Å². The molecule has 2 aliphatic heterocycles. The monoisotopic (exact) mass is 442 g/mol. The van der Waals surface area contributed by atoms with Crippen LogP contribution in [-0.2, 0) is 11.2 Å². The van der Waals surface area contributed by atoms with E-state index < -0.39 is 5.54 Å². The van der Waals surface area contributed by atoms with Crippen LogP contribution >= 0.6 is 11.3 Å². The van der Waals surface area contributed by atoms with Crippen LogP contribution in [0.25, 0.3) is 6.08 Å². The van der Waals surface area contributed by atoms with E-state index in [-0.39, 0.29) is 17.9 Å². The number of aromatic nitrogens is 1. The molecule has 8 heteroatoms. The first kappa shape index (κ1) is 21.8. The first-order valence-corrected chi connectivity index (χ1v) is 11.9.